The number of rotatable bonds is 3. The maximum absolute atomic E-state index is 10.1. The highest BCUT2D eigenvalue weighted by molar-refractivity contribution is 7.07. The van der Waals surface area contributed by atoms with E-state index in [0.29, 0.717) is 10.8 Å². The zero-order valence-corrected chi connectivity index (χ0v) is 10.3. The van der Waals surface area contributed by atoms with Gasteiger partial charge in [-0.25, -0.2) is 0 Å². The minimum atomic E-state index is -0.630. The molecule has 0 saturated carbocycles. The second-order valence-electron chi connectivity index (χ2n) is 3.35. The van der Waals surface area contributed by atoms with Gasteiger partial charge in [0.1, 0.15) is 11.9 Å². The lowest BCUT2D eigenvalue weighted by Crippen LogP contribution is -1.98. The zero-order chi connectivity index (χ0) is 11.5. The first-order chi connectivity index (χ1) is 7.72. The molecule has 2 aromatic rings. The third-order valence-corrected chi connectivity index (χ3v) is 3.35. The average Bonchev–Trinajstić information content (AvgIpc) is 2.81. The SMILES string of the molecule is COc1ccc(C(O)c2ccsc2)cc1Cl. The lowest BCUT2D eigenvalue weighted by Gasteiger charge is -2.11. The highest BCUT2D eigenvalue weighted by Crippen LogP contribution is 2.30. The molecular weight excluding hydrogens is 244 g/mol. The van der Waals surface area contributed by atoms with Gasteiger partial charge in [0, 0.05) is 0 Å². The van der Waals surface area contributed by atoms with Gasteiger partial charge in [-0.1, -0.05) is 17.7 Å². The van der Waals surface area contributed by atoms with Crippen molar-refractivity contribution in [1.82, 2.24) is 0 Å². The summed E-state index contributed by atoms with van der Waals surface area (Å²) in [7, 11) is 1.57. The molecule has 1 heterocycles. The Labute approximate surface area is 103 Å². The number of aliphatic hydroxyl groups is 1. The minimum Gasteiger partial charge on any atom is -0.495 e. The van der Waals surface area contributed by atoms with Crippen LogP contribution in [0.2, 0.25) is 5.02 Å². The lowest BCUT2D eigenvalue weighted by atomic mass is 10.0. The molecule has 0 fully saturated rings. The summed E-state index contributed by atoms with van der Waals surface area (Å²) in [5.74, 6) is 0.614. The summed E-state index contributed by atoms with van der Waals surface area (Å²) in [4.78, 5) is 0. The molecule has 1 unspecified atom stereocenters. The van der Waals surface area contributed by atoms with Crippen molar-refractivity contribution in [3.8, 4) is 5.75 Å². The Hall–Kier alpha value is -1.03. The van der Waals surface area contributed by atoms with Gasteiger partial charge in [0.05, 0.1) is 12.1 Å². The van der Waals surface area contributed by atoms with Crippen LogP contribution < -0.4 is 4.74 Å². The Kier molecular flexibility index (Phi) is 3.49. The largest absolute Gasteiger partial charge is 0.495 e. The number of aliphatic hydroxyl groups excluding tert-OH is 1. The number of benzene rings is 1. The molecule has 2 nitrogen and oxygen atoms in total. The van der Waals surface area contributed by atoms with Crippen LogP contribution in [-0.4, -0.2) is 12.2 Å². The summed E-state index contributed by atoms with van der Waals surface area (Å²) >= 11 is 7.56. The van der Waals surface area contributed by atoms with E-state index >= 15 is 0 Å². The molecule has 2 rings (SSSR count). The van der Waals surface area contributed by atoms with Crippen LogP contribution in [-0.2, 0) is 0 Å². The molecule has 0 aliphatic carbocycles. The molecular formula is C12H11ClO2S. The fourth-order valence-corrected chi connectivity index (χ4v) is 2.42. The fraction of sp³-hybridized carbons (Fsp3) is 0.167. The molecule has 0 aliphatic heterocycles. The van der Waals surface area contributed by atoms with Gasteiger partial charge in [-0.2, -0.15) is 11.3 Å². The van der Waals surface area contributed by atoms with E-state index in [9.17, 15) is 5.11 Å². The van der Waals surface area contributed by atoms with Gasteiger partial charge in [-0.3, -0.25) is 0 Å². The van der Waals surface area contributed by atoms with Crippen molar-refractivity contribution in [2.45, 2.75) is 6.10 Å². The van der Waals surface area contributed by atoms with Crippen molar-refractivity contribution in [1.29, 1.82) is 0 Å². The summed E-state index contributed by atoms with van der Waals surface area (Å²) in [6.45, 7) is 0. The molecule has 0 saturated heterocycles. The molecule has 0 bridgehead atoms. The molecule has 1 N–H and O–H groups in total. The highest BCUT2D eigenvalue weighted by Gasteiger charge is 2.12. The van der Waals surface area contributed by atoms with Crippen LogP contribution in [0.15, 0.2) is 35.0 Å². The molecule has 1 atom stereocenters. The topological polar surface area (TPSA) is 29.5 Å². The quantitative estimate of drug-likeness (QED) is 0.909. The van der Waals surface area contributed by atoms with Crippen LogP contribution >= 0.6 is 22.9 Å². The number of halogens is 1. The van der Waals surface area contributed by atoms with Crippen molar-refractivity contribution in [3.05, 3.63) is 51.2 Å². The van der Waals surface area contributed by atoms with Crippen LogP contribution in [0.3, 0.4) is 0 Å². The third-order valence-electron chi connectivity index (χ3n) is 2.35. The molecule has 16 heavy (non-hydrogen) atoms. The standard InChI is InChI=1S/C12H11ClO2S/c1-15-11-3-2-8(6-10(11)13)12(14)9-4-5-16-7-9/h2-7,12,14H,1H3. The van der Waals surface area contributed by atoms with Crippen molar-refractivity contribution >= 4 is 22.9 Å². The van der Waals surface area contributed by atoms with Crippen LogP contribution in [0.4, 0.5) is 0 Å². The molecule has 84 valence electrons. The second-order valence-corrected chi connectivity index (χ2v) is 4.54. The molecule has 4 heteroatoms. The van der Waals surface area contributed by atoms with Crippen LogP contribution in [0.25, 0.3) is 0 Å². The van der Waals surface area contributed by atoms with Gasteiger partial charge in [-0.15, -0.1) is 0 Å². The van der Waals surface area contributed by atoms with Gasteiger partial charge in [0.15, 0.2) is 0 Å². The van der Waals surface area contributed by atoms with E-state index < -0.39 is 6.10 Å². The summed E-state index contributed by atoms with van der Waals surface area (Å²) in [5, 5.41) is 14.4. The van der Waals surface area contributed by atoms with Crippen LogP contribution in [0.1, 0.15) is 17.2 Å². The number of hydrogen-bond donors (Lipinski definition) is 1. The Morgan fingerprint density at radius 3 is 2.69 bits per heavy atom. The van der Waals surface area contributed by atoms with Gasteiger partial charge >= 0.3 is 0 Å². The fourth-order valence-electron chi connectivity index (χ4n) is 1.48. The van der Waals surface area contributed by atoms with Gasteiger partial charge in [0.2, 0.25) is 0 Å². The predicted octanol–water partition coefficient (Wildman–Crippen LogP) is 3.49. The van der Waals surface area contributed by atoms with Crippen LogP contribution in [0, 0.1) is 0 Å². The van der Waals surface area contributed by atoms with E-state index in [1.165, 1.54) is 0 Å². The molecule has 1 aromatic heterocycles. The summed E-state index contributed by atoms with van der Waals surface area (Å²) in [5.41, 5.74) is 1.65. The number of thiophene rings is 1. The van der Waals surface area contributed by atoms with E-state index in [2.05, 4.69) is 0 Å². The van der Waals surface area contributed by atoms with Gasteiger partial charge in [-0.05, 0) is 40.1 Å². The second kappa shape index (κ2) is 4.87. The molecule has 0 aliphatic rings. The van der Waals surface area contributed by atoms with Crippen molar-refractivity contribution in [2.24, 2.45) is 0 Å². The highest BCUT2D eigenvalue weighted by atomic mass is 35.5. The Morgan fingerprint density at radius 2 is 2.12 bits per heavy atom. The molecule has 0 amide bonds. The Bertz CT molecular complexity index is 468. The van der Waals surface area contributed by atoms with E-state index in [-0.39, 0.29) is 0 Å². The van der Waals surface area contributed by atoms with Crippen LogP contribution in [0.5, 0.6) is 5.75 Å². The van der Waals surface area contributed by atoms with E-state index in [0.717, 1.165) is 11.1 Å². The third kappa shape index (κ3) is 2.21. The lowest BCUT2D eigenvalue weighted by molar-refractivity contribution is 0.220. The molecule has 0 radical (unpaired) electrons. The van der Waals surface area contributed by atoms with Crippen molar-refractivity contribution in [3.63, 3.8) is 0 Å². The minimum absolute atomic E-state index is 0.509. The molecule has 1 aromatic carbocycles. The smallest absolute Gasteiger partial charge is 0.137 e. The first-order valence-corrected chi connectivity index (χ1v) is 6.08. The summed E-state index contributed by atoms with van der Waals surface area (Å²) in [6.07, 6.45) is -0.630. The van der Waals surface area contributed by atoms with Gasteiger partial charge in [0.25, 0.3) is 0 Å². The zero-order valence-electron chi connectivity index (χ0n) is 8.68. The Balaban J connectivity index is 2.31. The maximum atomic E-state index is 10.1. The first kappa shape index (κ1) is 11.5. The van der Waals surface area contributed by atoms with E-state index in [1.54, 1.807) is 30.6 Å². The number of ether oxygens (including phenoxy) is 1. The predicted molar refractivity (Wildman–Crippen MR) is 66.4 cm³/mol. The van der Waals surface area contributed by atoms with E-state index in [4.69, 9.17) is 16.3 Å². The normalized spacial score (nSPS) is 12.4. The first-order valence-electron chi connectivity index (χ1n) is 4.76. The maximum Gasteiger partial charge on any atom is 0.137 e. The van der Waals surface area contributed by atoms with Crippen molar-refractivity contribution in [2.75, 3.05) is 7.11 Å². The van der Waals surface area contributed by atoms with Gasteiger partial charge < -0.3 is 9.84 Å². The van der Waals surface area contributed by atoms with Crippen molar-refractivity contribution < 1.29 is 9.84 Å². The number of methoxy groups -OCH3 is 1. The summed E-state index contributed by atoms with van der Waals surface area (Å²) < 4.78 is 5.06. The summed E-state index contributed by atoms with van der Waals surface area (Å²) in [6, 6.07) is 7.19. The average molecular weight is 255 g/mol. The molecule has 0 spiro atoms. The monoisotopic (exact) mass is 254 g/mol. The van der Waals surface area contributed by atoms with E-state index in [1.807, 2.05) is 22.9 Å². The number of hydrogen-bond acceptors (Lipinski definition) is 3. The Morgan fingerprint density at radius 1 is 1.31 bits per heavy atom.